The number of rotatable bonds is 7. The van der Waals surface area contributed by atoms with Crippen LogP contribution in [0.2, 0.25) is 0 Å². The van der Waals surface area contributed by atoms with Crippen molar-refractivity contribution in [2.75, 3.05) is 26.2 Å². The summed E-state index contributed by atoms with van der Waals surface area (Å²) in [5.74, 6) is 0. The van der Waals surface area contributed by atoms with Gasteiger partial charge < -0.3 is 15.1 Å². The normalized spacial score (nSPS) is 21.9. The van der Waals surface area contributed by atoms with Crippen LogP contribution in [-0.2, 0) is 4.79 Å². The first kappa shape index (κ1) is 17.4. The number of nitrogens with one attached hydrogen (secondary N) is 1. The molecule has 4 heteroatoms. The topological polar surface area (TPSA) is 35.6 Å². The Morgan fingerprint density at radius 3 is 1.95 bits per heavy atom. The van der Waals surface area contributed by atoms with Gasteiger partial charge in [0.2, 0.25) is 6.41 Å². The number of carbonyl (C=O) groups is 1. The van der Waals surface area contributed by atoms with Crippen molar-refractivity contribution in [3.8, 4) is 0 Å². The highest BCUT2D eigenvalue weighted by atomic mass is 16.1. The fourth-order valence-corrected chi connectivity index (χ4v) is 3.62. The molecule has 0 aromatic rings. The number of hydrogen-bond acceptors (Lipinski definition) is 3. The van der Waals surface area contributed by atoms with Gasteiger partial charge in [0, 0.05) is 30.2 Å². The fourth-order valence-electron chi connectivity index (χ4n) is 3.62. The molecule has 1 heterocycles. The third-order valence-electron chi connectivity index (χ3n) is 4.34. The van der Waals surface area contributed by atoms with E-state index >= 15 is 0 Å². The van der Waals surface area contributed by atoms with Gasteiger partial charge in [0.1, 0.15) is 0 Å². The van der Waals surface area contributed by atoms with E-state index in [1.54, 1.807) is 0 Å². The summed E-state index contributed by atoms with van der Waals surface area (Å²) in [7, 11) is 0. The zero-order chi connectivity index (χ0) is 15.4. The molecule has 0 atom stereocenters. The highest BCUT2D eigenvalue weighted by molar-refractivity contribution is 5.48. The largest absolute Gasteiger partial charge is 0.341 e. The van der Waals surface area contributed by atoms with Crippen LogP contribution in [0.25, 0.3) is 0 Å². The van der Waals surface area contributed by atoms with Crippen molar-refractivity contribution in [2.45, 2.75) is 71.5 Å². The first-order valence-electron chi connectivity index (χ1n) is 7.95. The van der Waals surface area contributed by atoms with E-state index in [1.807, 2.05) is 4.90 Å². The lowest BCUT2D eigenvalue weighted by Gasteiger charge is -2.49. The first-order valence-corrected chi connectivity index (χ1v) is 7.95. The van der Waals surface area contributed by atoms with E-state index in [2.05, 4.69) is 51.8 Å². The summed E-state index contributed by atoms with van der Waals surface area (Å²) in [6.45, 7) is 17.2. The summed E-state index contributed by atoms with van der Waals surface area (Å²) in [5.41, 5.74) is 0.172. The zero-order valence-corrected chi connectivity index (χ0v) is 14.2. The molecular weight excluding hydrogens is 250 g/mol. The number of amides is 1. The molecule has 4 nitrogen and oxygen atoms in total. The lowest BCUT2D eigenvalue weighted by molar-refractivity contribution is -0.122. The standard InChI is InChI=1S/C16H33N3O/c1-7-18(8-2)9-10-19(13-20)14-11-15(3,4)17-16(5,6)12-14/h13-14,17H,7-12H2,1-6H3. The maximum absolute atomic E-state index is 11.5. The van der Waals surface area contributed by atoms with Crippen LogP contribution in [0.3, 0.4) is 0 Å². The van der Waals surface area contributed by atoms with Crippen molar-refractivity contribution in [1.29, 1.82) is 0 Å². The molecule has 20 heavy (non-hydrogen) atoms. The smallest absolute Gasteiger partial charge is 0.210 e. The molecule has 0 radical (unpaired) electrons. The van der Waals surface area contributed by atoms with Crippen LogP contribution in [0.1, 0.15) is 54.4 Å². The van der Waals surface area contributed by atoms with Crippen molar-refractivity contribution >= 4 is 6.41 Å². The second-order valence-corrected chi connectivity index (χ2v) is 7.32. The van der Waals surface area contributed by atoms with Gasteiger partial charge in [0.05, 0.1) is 0 Å². The van der Waals surface area contributed by atoms with E-state index in [0.717, 1.165) is 45.4 Å². The van der Waals surface area contributed by atoms with Crippen LogP contribution in [0.5, 0.6) is 0 Å². The summed E-state index contributed by atoms with van der Waals surface area (Å²) in [5, 5.41) is 3.68. The predicted octanol–water partition coefficient (Wildman–Crippen LogP) is 2.10. The lowest BCUT2D eigenvalue weighted by Crippen LogP contribution is -2.62. The van der Waals surface area contributed by atoms with Crippen molar-refractivity contribution in [3.05, 3.63) is 0 Å². The summed E-state index contributed by atoms with van der Waals surface area (Å²) >= 11 is 0. The first-order chi connectivity index (χ1) is 9.23. The van der Waals surface area contributed by atoms with Crippen molar-refractivity contribution in [3.63, 3.8) is 0 Å². The molecule has 1 amide bonds. The summed E-state index contributed by atoms with van der Waals surface area (Å²) < 4.78 is 0. The van der Waals surface area contributed by atoms with E-state index < -0.39 is 0 Å². The van der Waals surface area contributed by atoms with Gasteiger partial charge in [-0.25, -0.2) is 0 Å². The highest BCUT2D eigenvalue weighted by Gasteiger charge is 2.39. The molecule has 1 N–H and O–H groups in total. The third kappa shape index (κ3) is 5.06. The highest BCUT2D eigenvalue weighted by Crippen LogP contribution is 2.30. The second kappa shape index (κ2) is 6.90. The molecule has 1 saturated heterocycles. The van der Waals surface area contributed by atoms with E-state index in [-0.39, 0.29) is 11.1 Å². The van der Waals surface area contributed by atoms with Gasteiger partial charge in [0.15, 0.2) is 0 Å². The molecule has 0 saturated carbocycles. The minimum Gasteiger partial charge on any atom is -0.341 e. The Morgan fingerprint density at radius 1 is 1.05 bits per heavy atom. The van der Waals surface area contributed by atoms with E-state index in [9.17, 15) is 4.79 Å². The second-order valence-electron chi connectivity index (χ2n) is 7.32. The fraction of sp³-hybridized carbons (Fsp3) is 0.938. The quantitative estimate of drug-likeness (QED) is 0.727. The Hall–Kier alpha value is -0.610. The molecule has 0 unspecified atom stereocenters. The van der Waals surface area contributed by atoms with Crippen LogP contribution in [0, 0.1) is 0 Å². The Balaban J connectivity index is 2.66. The van der Waals surface area contributed by atoms with Crippen molar-refractivity contribution in [1.82, 2.24) is 15.1 Å². The molecule has 1 aliphatic rings. The van der Waals surface area contributed by atoms with Crippen LogP contribution >= 0.6 is 0 Å². The monoisotopic (exact) mass is 283 g/mol. The van der Waals surface area contributed by atoms with Gasteiger partial charge >= 0.3 is 0 Å². The maximum atomic E-state index is 11.5. The summed E-state index contributed by atoms with van der Waals surface area (Å²) in [4.78, 5) is 15.9. The Morgan fingerprint density at radius 2 is 1.55 bits per heavy atom. The summed E-state index contributed by atoms with van der Waals surface area (Å²) in [6, 6.07) is 0.342. The van der Waals surface area contributed by atoms with Crippen LogP contribution in [0.15, 0.2) is 0 Å². The minimum atomic E-state index is 0.0862. The number of piperidine rings is 1. The molecular formula is C16H33N3O. The number of hydrogen-bond donors (Lipinski definition) is 1. The Bertz CT molecular complexity index is 295. The van der Waals surface area contributed by atoms with Crippen molar-refractivity contribution in [2.24, 2.45) is 0 Å². The summed E-state index contributed by atoms with van der Waals surface area (Å²) in [6.07, 6.45) is 3.09. The van der Waals surface area contributed by atoms with Crippen LogP contribution in [0.4, 0.5) is 0 Å². The molecule has 1 fully saturated rings. The van der Waals surface area contributed by atoms with Crippen LogP contribution < -0.4 is 5.32 Å². The lowest BCUT2D eigenvalue weighted by atomic mass is 9.79. The van der Waals surface area contributed by atoms with E-state index in [1.165, 1.54) is 0 Å². The van der Waals surface area contributed by atoms with Crippen LogP contribution in [-0.4, -0.2) is 59.5 Å². The Kier molecular flexibility index (Phi) is 6.02. The van der Waals surface area contributed by atoms with Gasteiger partial charge in [0.25, 0.3) is 0 Å². The number of nitrogens with zero attached hydrogens (tertiary/aromatic N) is 2. The third-order valence-corrected chi connectivity index (χ3v) is 4.34. The predicted molar refractivity (Wildman–Crippen MR) is 84.9 cm³/mol. The van der Waals surface area contributed by atoms with Gasteiger partial charge in [-0.15, -0.1) is 0 Å². The van der Waals surface area contributed by atoms with Crippen molar-refractivity contribution < 1.29 is 4.79 Å². The number of carbonyl (C=O) groups excluding carboxylic acids is 1. The van der Waals surface area contributed by atoms with Gasteiger partial charge in [-0.2, -0.15) is 0 Å². The molecule has 0 aromatic carbocycles. The van der Waals surface area contributed by atoms with E-state index in [4.69, 9.17) is 0 Å². The number of likely N-dealkylation sites (N-methyl/N-ethyl adjacent to an activating group) is 1. The molecule has 0 aliphatic carbocycles. The molecule has 1 rings (SSSR count). The minimum absolute atomic E-state index is 0.0862. The average Bonchev–Trinajstić information content (AvgIpc) is 2.31. The van der Waals surface area contributed by atoms with Gasteiger partial charge in [-0.1, -0.05) is 13.8 Å². The average molecular weight is 283 g/mol. The van der Waals surface area contributed by atoms with Gasteiger partial charge in [-0.3, -0.25) is 4.79 Å². The molecule has 0 spiro atoms. The molecule has 0 aromatic heterocycles. The maximum Gasteiger partial charge on any atom is 0.210 e. The SMILES string of the molecule is CCN(CC)CCN(C=O)C1CC(C)(C)NC(C)(C)C1. The molecule has 0 bridgehead atoms. The molecule has 118 valence electrons. The van der Waals surface area contributed by atoms with E-state index in [0.29, 0.717) is 6.04 Å². The Labute approximate surface area is 124 Å². The zero-order valence-electron chi connectivity index (χ0n) is 14.2. The molecule has 1 aliphatic heterocycles. The van der Waals surface area contributed by atoms with Gasteiger partial charge in [-0.05, 0) is 53.6 Å².